The van der Waals surface area contributed by atoms with Crippen molar-refractivity contribution in [2.24, 2.45) is 0 Å². The second-order valence-electron chi connectivity index (χ2n) is 3.31. The van der Waals surface area contributed by atoms with Gasteiger partial charge in [-0.3, -0.25) is 4.70 Å². The van der Waals surface area contributed by atoms with Crippen molar-refractivity contribution in [2.75, 3.05) is 20.2 Å². The van der Waals surface area contributed by atoms with Crippen LogP contribution >= 0.6 is 0 Å². The van der Waals surface area contributed by atoms with Crippen molar-refractivity contribution < 1.29 is 27.0 Å². The van der Waals surface area contributed by atoms with Crippen molar-refractivity contribution in [1.29, 1.82) is 0 Å². The predicted octanol–water partition coefficient (Wildman–Crippen LogP) is 2.46. The normalized spacial score (nSPS) is 19.8. The molecule has 1 aliphatic heterocycles. The largest absolute Gasteiger partial charge is 0.434 e. The summed E-state index contributed by atoms with van der Waals surface area (Å²) in [4.78, 5) is 0.486. The standard InChI is InChI=1S/C8H13F4NO.FH/c1-14-8(11,12)7(9,10)13-5-3-2-4-6-13;/h2-6H2,1H3;1H. The van der Waals surface area contributed by atoms with E-state index >= 15 is 0 Å². The first-order chi connectivity index (χ1) is 6.42. The summed E-state index contributed by atoms with van der Waals surface area (Å²) in [6.45, 7) is -0.0160. The van der Waals surface area contributed by atoms with Crippen LogP contribution in [0.5, 0.6) is 0 Å². The number of methoxy groups -OCH3 is 1. The second-order valence-corrected chi connectivity index (χ2v) is 3.31. The van der Waals surface area contributed by atoms with E-state index in [0.29, 0.717) is 24.9 Å². The third-order valence-corrected chi connectivity index (χ3v) is 2.36. The summed E-state index contributed by atoms with van der Waals surface area (Å²) < 4.78 is 55.2. The number of hydrogen-bond acceptors (Lipinski definition) is 2. The molecule has 92 valence electrons. The van der Waals surface area contributed by atoms with Gasteiger partial charge in [-0.15, -0.1) is 0 Å². The zero-order valence-electron chi connectivity index (χ0n) is 8.31. The number of rotatable bonds is 3. The molecule has 0 aromatic heterocycles. The molecule has 1 rings (SSSR count). The molecule has 0 saturated carbocycles. The summed E-state index contributed by atoms with van der Waals surface area (Å²) in [5.74, 6) is 0. The van der Waals surface area contributed by atoms with Crippen molar-refractivity contribution in [2.45, 2.75) is 31.4 Å². The monoisotopic (exact) mass is 235 g/mol. The lowest BCUT2D eigenvalue weighted by Gasteiger charge is -2.36. The fourth-order valence-corrected chi connectivity index (χ4v) is 1.48. The fraction of sp³-hybridized carbons (Fsp3) is 1.00. The number of hydrogen-bond donors (Lipinski definition) is 0. The molecule has 1 fully saturated rings. The highest BCUT2D eigenvalue weighted by molar-refractivity contribution is 4.80. The number of alkyl halides is 4. The van der Waals surface area contributed by atoms with Crippen molar-refractivity contribution in [1.82, 2.24) is 4.90 Å². The molecule has 0 amide bonds. The molecule has 0 aliphatic carbocycles. The summed E-state index contributed by atoms with van der Waals surface area (Å²) in [5, 5.41) is 0. The van der Waals surface area contributed by atoms with E-state index in [1.807, 2.05) is 0 Å². The van der Waals surface area contributed by atoms with Crippen LogP contribution in [0, 0.1) is 0 Å². The Morgan fingerprint density at radius 3 is 1.87 bits per heavy atom. The van der Waals surface area contributed by atoms with Crippen LogP contribution in [0.4, 0.5) is 22.3 Å². The van der Waals surface area contributed by atoms with Gasteiger partial charge < -0.3 is 4.74 Å². The summed E-state index contributed by atoms with van der Waals surface area (Å²) >= 11 is 0. The highest BCUT2D eigenvalue weighted by atomic mass is 19.3. The van der Waals surface area contributed by atoms with Gasteiger partial charge in [-0.05, 0) is 12.8 Å². The van der Waals surface area contributed by atoms with Gasteiger partial charge in [0.15, 0.2) is 0 Å². The number of likely N-dealkylation sites (tertiary alicyclic amines) is 1. The van der Waals surface area contributed by atoms with Crippen LogP contribution in [-0.4, -0.2) is 37.3 Å². The van der Waals surface area contributed by atoms with Crippen molar-refractivity contribution in [3.63, 3.8) is 0 Å². The molecule has 0 spiro atoms. The Labute approximate surface area is 84.6 Å². The Kier molecular flexibility index (Phi) is 4.92. The van der Waals surface area contributed by atoms with E-state index in [1.54, 1.807) is 0 Å². The molecule has 0 radical (unpaired) electrons. The van der Waals surface area contributed by atoms with Crippen LogP contribution in [0.3, 0.4) is 0 Å². The highest BCUT2D eigenvalue weighted by Crippen LogP contribution is 2.38. The maximum atomic E-state index is 13.1. The molecule has 0 unspecified atom stereocenters. The van der Waals surface area contributed by atoms with E-state index in [4.69, 9.17) is 0 Å². The molecule has 15 heavy (non-hydrogen) atoms. The van der Waals surface area contributed by atoms with Crippen molar-refractivity contribution >= 4 is 0 Å². The number of ether oxygens (including phenoxy) is 1. The minimum Gasteiger partial charge on any atom is -0.318 e. The molecule has 0 aromatic carbocycles. The number of piperidine rings is 1. The second kappa shape index (κ2) is 5.07. The zero-order chi connectivity index (χ0) is 10.8. The van der Waals surface area contributed by atoms with Gasteiger partial charge in [-0.1, -0.05) is 6.42 Å². The molecule has 1 heterocycles. The minimum atomic E-state index is -4.41. The summed E-state index contributed by atoms with van der Waals surface area (Å²) in [6.07, 6.45) is -2.56. The van der Waals surface area contributed by atoms with Crippen LogP contribution < -0.4 is 0 Å². The third-order valence-electron chi connectivity index (χ3n) is 2.36. The van der Waals surface area contributed by atoms with E-state index in [2.05, 4.69) is 4.74 Å². The van der Waals surface area contributed by atoms with Gasteiger partial charge in [-0.25, -0.2) is 4.90 Å². The number of halogens is 5. The first kappa shape index (κ1) is 14.6. The van der Waals surface area contributed by atoms with Crippen molar-refractivity contribution in [3.05, 3.63) is 0 Å². The third kappa shape index (κ3) is 2.78. The Morgan fingerprint density at radius 2 is 1.47 bits per heavy atom. The van der Waals surface area contributed by atoms with E-state index in [0.717, 1.165) is 6.42 Å². The highest BCUT2D eigenvalue weighted by Gasteiger charge is 2.61. The lowest BCUT2D eigenvalue weighted by Crippen LogP contribution is -2.56. The summed E-state index contributed by atoms with van der Waals surface area (Å²) in [7, 11) is 0.581. The topological polar surface area (TPSA) is 12.5 Å². The van der Waals surface area contributed by atoms with E-state index in [9.17, 15) is 17.6 Å². The van der Waals surface area contributed by atoms with Gasteiger partial charge in [0.2, 0.25) is 0 Å². The Hall–Kier alpha value is -0.430. The van der Waals surface area contributed by atoms with Crippen LogP contribution in [0.15, 0.2) is 0 Å². The predicted molar refractivity (Wildman–Crippen MR) is 44.8 cm³/mol. The Balaban J connectivity index is 0.00000196. The van der Waals surface area contributed by atoms with Crippen LogP contribution in [0.1, 0.15) is 19.3 Å². The Bertz CT molecular complexity index is 193. The maximum absolute atomic E-state index is 13.1. The van der Waals surface area contributed by atoms with Crippen LogP contribution in [0.2, 0.25) is 0 Å². The molecule has 0 aromatic rings. The van der Waals surface area contributed by atoms with Gasteiger partial charge in [0.05, 0.1) is 0 Å². The molecule has 0 atom stereocenters. The van der Waals surface area contributed by atoms with Gasteiger partial charge in [-0.2, -0.15) is 17.6 Å². The lowest BCUT2D eigenvalue weighted by molar-refractivity contribution is -0.384. The average Bonchev–Trinajstić information content (AvgIpc) is 2.19. The van der Waals surface area contributed by atoms with Crippen LogP contribution in [-0.2, 0) is 4.74 Å². The first-order valence-electron chi connectivity index (χ1n) is 4.47. The first-order valence-corrected chi connectivity index (χ1v) is 4.47. The molecule has 0 N–H and O–H groups in total. The SMILES string of the molecule is COC(F)(F)C(F)(F)N1CCCCC1.F. The maximum Gasteiger partial charge on any atom is 0.434 e. The Morgan fingerprint density at radius 1 is 1.00 bits per heavy atom. The molecule has 2 nitrogen and oxygen atoms in total. The quantitative estimate of drug-likeness (QED) is 0.550. The summed E-state index contributed by atoms with van der Waals surface area (Å²) in [5.41, 5.74) is 0. The average molecular weight is 235 g/mol. The lowest BCUT2D eigenvalue weighted by atomic mass is 10.1. The molecular weight excluding hydrogens is 221 g/mol. The summed E-state index contributed by atoms with van der Waals surface area (Å²) in [6, 6.07) is -4.21. The zero-order valence-corrected chi connectivity index (χ0v) is 8.31. The van der Waals surface area contributed by atoms with E-state index in [-0.39, 0.29) is 17.8 Å². The molecule has 7 heteroatoms. The fourth-order valence-electron chi connectivity index (χ4n) is 1.48. The molecule has 1 aliphatic rings. The minimum absolute atomic E-state index is 0. The van der Waals surface area contributed by atoms with Gasteiger partial charge in [0, 0.05) is 20.2 Å². The molecule has 1 saturated heterocycles. The van der Waals surface area contributed by atoms with Gasteiger partial charge in [0.25, 0.3) is 0 Å². The van der Waals surface area contributed by atoms with Crippen molar-refractivity contribution in [3.8, 4) is 0 Å². The molecular formula is C8H14F5NO. The van der Waals surface area contributed by atoms with Gasteiger partial charge >= 0.3 is 12.2 Å². The van der Waals surface area contributed by atoms with Crippen LogP contribution in [0.25, 0.3) is 0 Å². The molecule has 0 bridgehead atoms. The van der Waals surface area contributed by atoms with Gasteiger partial charge in [0.1, 0.15) is 0 Å². The number of nitrogens with zero attached hydrogens (tertiary/aromatic N) is 1. The smallest absolute Gasteiger partial charge is 0.318 e. The van der Waals surface area contributed by atoms with E-state index in [1.165, 1.54) is 0 Å². The van der Waals surface area contributed by atoms with E-state index < -0.39 is 12.2 Å².